The lowest BCUT2D eigenvalue weighted by Crippen LogP contribution is -2.57. The number of methoxy groups -OCH3 is 1. The molecule has 0 unspecified atom stereocenters. The molecule has 0 aromatic heterocycles. The van der Waals surface area contributed by atoms with Crippen molar-refractivity contribution in [3.8, 4) is 0 Å². The predicted molar refractivity (Wildman–Crippen MR) is 122 cm³/mol. The highest BCUT2D eigenvalue weighted by atomic mass is 16.5. The van der Waals surface area contributed by atoms with Crippen molar-refractivity contribution < 1.29 is 23.9 Å². The minimum atomic E-state index is -0.203. The summed E-state index contributed by atoms with van der Waals surface area (Å²) in [5, 5.41) is 0. The summed E-state index contributed by atoms with van der Waals surface area (Å²) in [7, 11) is 1.46. The zero-order valence-electron chi connectivity index (χ0n) is 20.7. The minimum absolute atomic E-state index is 0.0182. The standard InChI is InChI=1S/C27H42O5/c1-16(6-9-24(30)31-5)20-7-8-21-25-22(11-13-27(20,21)4)26(3)12-10-19(32-17(2)28)14-18(26)15-23(25)29/h16,18-22,25H,6-15H2,1-5H3/t16-,18+,19-,20-,21+,22+,25+,26+,27-/m1/s1. The van der Waals surface area contributed by atoms with Crippen LogP contribution in [0.2, 0.25) is 0 Å². The Hall–Kier alpha value is -1.39. The molecule has 4 fully saturated rings. The van der Waals surface area contributed by atoms with Crippen LogP contribution in [0.1, 0.15) is 91.9 Å². The second kappa shape index (κ2) is 8.76. The van der Waals surface area contributed by atoms with Gasteiger partial charge in [-0.15, -0.1) is 0 Å². The molecule has 0 saturated heterocycles. The van der Waals surface area contributed by atoms with E-state index in [0.29, 0.717) is 48.2 Å². The zero-order chi connectivity index (χ0) is 23.3. The summed E-state index contributed by atoms with van der Waals surface area (Å²) in [6.45, 7) is 8.66. The van der Waals surface area contributed by atoms with Crippen molar-refractivity contribution >= 4 is 17.7 Å². The van der Waals surface area contributed by atoms with Crippen molar-refractivity contribution in [2.24, 2.45) is 46.3 Å². The zero-order valence-corrected chi connectivity index (χ0v) is 20.7. The maximum atomic E-state index is 13.6. The topological polar surface area (TPSA) is 69.7 Å². The number of ketones is 1. The summed E-state index contributed by atoms with van der Waals surface area (Å²) >= 11 is 0. The van der Waals surface area contributed by atoms with Crippen LogP contribution in [0.25, 0.3) is 0 Å². The number of fused-ring (bicyclic) bond motifs is 5. The highest BCUT2D eigenvalue weighted by molar-refractivity contribution is 5.83. The first-order valence-electron chi connectivity index (χ1n) is 12.9. The van der Waals surface area contributed by atoms with Gasteiger partial charge in [-0.3, -0.25) is 14.4 Å². The quantitative estimate of drug-likeness (QED) is 0.533. The molecule has 4 rings (SSSR count). The monoisotopic (exact) mass is 446 g/mol. The summed E-state index contributed by atoms with van der Waals surface area (Å²) in [5.74, 6) is 2.68. The molecule has 9 atom stereocenters. The van der Waals surface area contributed by atoms with Gasteiger partial charge in [0.25, 0.3) is 0 Å². The van der Waals surface area contributed by atoms with Crippen LogP contribution in [0.4, 0.5) is 0 Å². The smallest absolute Gasteiger partial charge is 0.305 e. The van der Waals surface area contributed by atoms with Gasteiger partial charge < -0.3 is 9.47 Å². The SMILES string of the molecule is COC(=O)CC[C@@H](C)[C@H]1CC[C@H]2[C@@H]3C(=O)C[C@@H]4C[C@H](OC(C)=O)CC[C@]4(C)[C@H]3CC[C@]12C. The van der Waals surface area contributed by atoms with Crippen LogP contribution in [0.5, 0.6) is 0 Å². The number of carbonyl (C=O) groups is 3. The van der Waals surface area contributed by atoms with Crippen LogP contribution in [-0.2, 0) is 23.9 Å². The van der Waals surface area contributed by atoms with Gasteiger partial charge >= 0.3 is 11.9 Å². The van der Waals surface area contributed by atoms with E-state index >= 15 is 0 Å². The van der Waals surface area contributed by atoms with Gasteiger partial charge in [0, 0.05) is 25.7 Å². The fourth-order valence-electron chi connectivity index (χ4n) is 8.86. The van der Waals surface area contributed by atoms with E-state index in [-0.39, 0.29) is 34.8 Å². The largest absolute Gasteiger partial charge is 0.469 e. The first-order chi connectivity index (χ1) is 15.1. The molecule has 5 nitrogen and oxygen atoms in total. The van der Waals surface area contributed by atoms with Gasteiger partial charge in [0.2, 0.25) is 0 Å². The third kappa shape index (κ3) is 3.92. The fourth-order valence-corrected chi connectivity index (χ4v) is 8.86. The Balaban J connectivity index is 1.50. The van der Waals surface area contributed by atoms with Crippen molar-refractivity contribution in [2.45, 2.75) is 98.0 Å². The summed E-state index contributed by atoms with van der Waals surface area (Å²) in [4.78, 5) is 36.8. The number of hydrogen-bond acceptors (Lipinski definition) is 5. The van der Waals surface area contributed by atoms with Crippen LogP contribution < -0.4 is 0 Å². The van der Waals surface area contributed by atoms with Gasteiger partial charge in [0.05, 0.1) is 7.11 Å². The fraction of sp³-hybridized carbons (Fsp3) is 0.889. The molecular formula is C27H42O5. The number of Topliss-reactive ketones (excluding diaryl/α,β-unsaturated/α-hetero) is 1. The predicted octanol–water partition coefficient (Wildman–Crippen LogP) is 5.35. The van der Waals surface area contributed by atoms with Crippen LogP contribution >= 0.6 is 0 Å². The molecule has 0 aliphatic heterocycles. The molecule has 32 heavy (non-hydrogen) atoms. The summed E-state index contributed by atoms with van der Waals surface area (Å²) in [6.07, 6.45) is 9.49. The normalized spacial score (nSPS) is 44.1. The van der Waals surface area contributed by atoms with Crippen LogP contribution in [-0.4, -0.2) is 30.9 Å². The molecule has 0 radical (unpaired) electrons. The van der Waals surface area contributed by atoms with Crippen molar-refractivity contribution in [1.29, 1.82) is 0 Å². The molecule has 0 amide bonds. The van der Waals surface area contributed by atoms with E-state index in [1.54, 1.807) is 0 Å². The van der Waals surface area contributed by atoms with E-state index in [0.717, 1.165) is 38.5 Å². The summed E-state index contributed by atoms with van der Waals surface area (Å²) in [5.41, 5.74) is 0.385. The summed E-state index contributed by atoms with van der Waals surface area (Å²) in [6, 6.07) is 0. The lowest BCUT2D eigenvalue weighted by Gasteiger charge is -2.60. The molecule has 4 aliphatic carbocycles. The number of ether oxygens (including phenoxy) is 2. The van der Waals surface area contributed by atoms with Gasteiger partial charge in [0.1, 0.15) is 11.9 Å². The van der Waals surface area contributed by atoms with Crippen LogP contribution in [0.3, 0.4) is 0 Å². The van der Waals surface area contributed by atoms with Crippen molar-refractivity contribution in [2.75, 3.05) is 7.11 Å². The van der Waals surface area contributed by atoms with Crippen molar-refractivity contribution in [1.82, 2.24) is 0 Å². The molecular weight excluding hydrogens is 404 g/mol. The number of rotatable bonds is 5. The molecule has 0 heterocycles. The van der Waals surface area contributed by atoms with Gasteiger partial charge in [-0.1, -0.05) is 20.8 Å². The third-order valence-electron chi connectivity index (χ3n) is 10.5. The Morgan fingerprint density at radius 1 is 1.06 bits per heavy atom. The van der Waals surface area contributed by atoms with E-state index in [1.807, 2.05) is 0 Å². The van der Waals surface area contributed by atoms with Crippen LogP contribution in [0.15, 0.2) is 0 Å². The number of esters is 2. The Morgan fingerprint density at radius 3 is 2.44 bits per heavy atom. The molecule has 180 valence electrons. The van der Waals surface area contributed by atoms with E-state index in [4.69, 9.17) is 9.47 Å². The van der Waals surface area contributed by atoms with Crippen molar-refractivity contribution in [3.05, 3.63) is 0 Å². The molecule has 0 aromatic carbocycles. The first kappa shape index (κ1) is 23.8. The van der Waals surface area contributed by atoms with Crippen LogP contribution in [0, 0.1) is 46.3 Å². The van der Waals surface area contributed by atoms with E-state index in [2.05, 4.69) is 20.8 Å². The molecule has 0 N–H and O–H groups in total. The molecule has 5 heteroatoms. The molecule has 4 aliphatic rings. The molecule has 0 spiro atoms. The third-order valence-corrected chi connectivity index (χ3v) is 10.5. The van der Waals surface area contributed by atoms with E-state index in [9.17, 15) is 14.4 Å². The maximum Gasteiger partial charge on any atom is 0.305 e. The first-order valence-corrected chi connectivity index (χ1v) is 12.9. The maximum absolute atomic E-state index is 13.6. The summed E-state index contributed by atoms with van der Waals surface area (Å²) < 4.78 is 10.4. The average molecular weight is 447 g/mol. The van der Waals surface area contributed by atoms with Gasteiger partial charge in [-0.2, -0.15) is 0 Å². The molecule has 0 bridgehead atoms. The minimum Gasteiger partial charge on any atom is -0.469 e. The second-order valence-electron chi connectivity index (χ2n) is 11.9. The Morgan fingerprint density at radius 2 is 1.75 bits per heavy atom. The lowest BCUT2D eigenvalue weighted by atomic mass is 9.44. The van der Waals surface area contributed by atoms with E-state index < -0.39 is 0 Å². The Bertz CT molecular complexity index is 761. The number of hydrogen-bond donors (Lipinski definition) is 0. The second-order valence-corrected chi connectivity index (χ2v) is 11.9. The Kier molecular flexibility index (Phi) is 6.50. The van der Waals surface area contributed by atoms with E-state index in [1.165, 1.54) is 26.9 Å². The van der Waals surface area contributed by atoms with Gasteiger partial charge in [-0.05, 0) is 91.8 Å². The highest BCUT2D eigenvalue weighted by Gasteiger charge is 2.63. The van der Waals surface area contributed by atoms with Gasteiger partial charge in [0.15, 0.2) is 0 Å². The molecule has 0 aromatic rings. The Labute approximate surface area is 193 Å². The number of carbonyl (C=O) groups excluding carboxylic acids is 3. The van der Waals surface area contributed by atoms with Gasteiger partial charge in [-0.25, -0.2) is 0 Å². The lowest BCUT2D eigenvalue weighted by molar-refractivity contribution is -0.168. The highest BCUT2D eigenvalue weighted by Crippen LogP contribution is 2.67. The molecule has 4 saturated carbocycles. The van der Waals surface area contributed by atoms with Crippen molar-refractivity contribution in [3.63, 3.8) is 0 Å². The average Bonchev–Trinajstić information content (AvgIpc) is 3.09.